The Morgan fingerprint density at radius 2 is 1.86 bits per heavy atom. The van der Waals surface area contributed by atoms with Crippen molar-refractivity contribution >= 4 is 35.2 Å². The predicted octanol–water partition coefficient (Wildman–Crippen LogP) is 2.69. The minimum Gasteiger partial charge on any atom is -0.493 e. The summed E-state index contributed by atoms with van der Waals surface area (Å²) in [5, 5.41) is 2.49. The number of hydrogen-bond acceptors (Lipinski definition) is 5. The van der Waals surface area contributed by atoms with Gasteiger partial charge in [-0.25, -0.2) is 4.90 Å². The maximum atomic E-state index is 12.6. The van der Waals surface area contributed by atoms with Gasteiger partial charge in [-0.05, 0) is 18.2 Å². The quantitative estimate of drug-likeness (QED) is 0.787. The molecule has 0 spiro atoms. The molecule has 6 nitrogen and oxygen atoms in total. The highest BCUT2D eigenvalue weighted by molar-refractivity contribution is 8.01. The largest absolute Gasteiger partial charge is 0.493 e. The molecule has 0 aromatic heterocycles. The number of hydrogen-bond donors (Lipinski definition) is 1. The van der Waals surface area contributed by atoms with E-state index >= 15 is 0 Å². The van der Waals surface area contributed by atoms with Crippen molar-refractivity contribution in [2.75, 3.05) is 17.3 Å². The lowest BCUT2D eigenvalue weighted by atomic mass is 10.0. The molecule has 2 aromatic rings. The first-order valence-electron chi connectivity index (χ1n) is 9.18. The molecule has 144 valence electrons. The van der Waals surface area contributed by atoms with E-state index < -0.39 is 5.25 Å². The summed E-state index contributed by atoms with van der Waals surface area (Å²) in [6.45, 7) is 0.552. The van der Waals surface area contributed by atoms with Gasteiger partial charge in [-0.1, -0.05) is 36.4 Å². The lowest BCUT2D eigenvalue weighted by Gasteiger charge is -2.26. The van der Waals surface area contributed by atoms with Crippen LogP contribution in [-0.2, 0) is 14.4 Å². The van der Waals surface area contributed by atoms with Gasteiger partial charge in [0.1, 0.15) is 5.75 Å². The van der Waals surface area contributed by atoms with E-state index in [1.807, 2.05) is 30.3 Å². The number of amides is 3. The summed E-state index contributed by atoms with van der Waals surface area (Å²) in [6.07, 6.45) is 0.821. The lowest BCUT2D eigenvalue weighted by molar-refractivity contribution is -0.121. The maximum absolute atomic E-state index is 12.6. The number of rotatable bonds is 5. The van der Waals surface area contributed by atoms with Crippen molar-refractivity contribution in [3.05, 3.63) is 60.2 Å². The number of carbonyl (C=O) groups is 3. The fourth-order valence-corrected chi connectivity index (χ4v) is 4.43. The van der Waals surface area contributed by atoms with Gasteiger partial charge in [-0.3, -0.25) is 14.4 Å². The molecule has 0 radical (unpaired) electrons. The number of anilines is 1. The first kappa shape index (κ1) is 18.6. The van der Waals surface area contributed by atoms with E-state index in [9.17, 15) is 14.4 Å². The van der Waals surface area contributed by atoms with Crippen LogP contribution in [0.15, 0.2) is 54.6 Å². The fourth-order valence-electron chi connectivity index (χ4n) is 3.49. The van der Waals surface area contributed by atoms with E-state index in [1.165, 1.54) is 16.7 Å². The van der Waals surface area contributed by atoms with Crippen LogP contribution in [0.4, 0.5) is 5.69 Å². The van der Waals surface area contributed by atoms with Crippen LogP contribution in [0.2, 0.25) is 0 Å². The Kier molecular flexibility index (Phi) is 5.34. The lowest BCUT2D eigenvalue weighted by Crippen LogP contribution is -2.34. The first-order chi connectivity index (χ1) is 13.6. The van der Waals surface area contributed by atoms with Gasteiger partial charge in [-0.2, -0.15) is 0 Å². The number of imide groups is 1. The summed E-state index contributed by atoms with van der Waals surface area (Å²) in [6, 6.07) is 16.4. The molecule has 2 aromatic carbocycles. The van der Waals surface area contributed by atoms with E-state index in [4.69, 9.17) is 4.74 Å². The zero-order valence-corrected chi connectivity index (χ0v) is 16.0. The Labute approximate surface area is 167 Å². The number of nitrogens with zero attached hydrogens (tertiary/aromatic N) is 1. The summed E-state index contributed by atoms with van der Waals surface area (Å²) in [4.78, 5) is 38.5. The molecule has 0 saturated carbocycles. The van der Waals surface area contributed by atoms with Crippen LogP contribution in [-0.4, -0.2) is 35.3 Å². The first-order valence-corrected chi connectivity index (χ1v) is 10.2. The molecule has 7 heteroatoms. The Morgan fingerprint density at radius 3 is 2.68 bits per heavy atom. The highest BCUT2D eigenvalue weighted by atomic mass is 32.2. The Hall–Kier alpha value is -2.80. The SMILES string of the molecule is O=C(CS[C@H]1CC(=O)N(c2ccccc2)C1=O)N[C@@H]1CCOc2ccccc21. The summed E-state index contributed by atoms with van der Waals surface area (Å²) in [7, 11) is 0. The molecular weight excluding hydrogens is 376 g/mol. The van der Waals surface area contributed by atoms with Gasteiger partial charge in [0.25, 0.3) is 0 Å². The highest BCUT2D eigenvalue weighted by Crippen LogP contribution is 2.32. The van der Waals surface area contributed by atoms with Crippen molar-refractivity contribution < 1.29 is 19.1 Å². The molecule has 0 unspecified atom stereocenters. The Balaban J connectivity index is 1.35. The van der Waals surface area contributed by atoms with E-state index in [1.54, 1.807) is 24.3 Å². The standard InChI is InChI=1S/C21H20N2O4S/c24-19(22-16-10-11-27-17-9-5-4-8-15(16)17)13-28-18-12-20(25)23(21(18)26)14-6-2-1-3-7-14/h1-9,16,18H,10-13H2,(H,22,24)/t16-,18+/m1/s1. The molecule has 1 saturated heterocycles. The summed E-state index contributed by atoms with van der Waals surface area (Å²) in [5.74, 6) is 0.288. The minimum atomic E-state index is -0.527. The molecule has 0 bridgehead atoms. The van der Waals surface area contributed by atoms with Gasteiger partial charge in [0.2, 0.25) is 17.7 Å². The number of ether oxygens (including phenoxy) is 1. The van der Waals surface area contributed by atoms with Crippen LogP contribution < -0.4 is 15.0 Å². The average molecular weight is 396 g/mol. The van der Waals surface area contributed by atoms with Gasteiger partial charge < -0.3 is 10.1 Å². The van der Waals surface area contributed by atoms with Crippen LogP contribution in [0.25, 0.3) is 0 Å². The Morgan fingerprint density at radius 1 is 1.11 bits per heavy atom. The van der Waals surface area contributed by atoms with Crippen LogP contribution in [0.5, 0.6) is 5.75 Å². The number of fused-ring (bicyclic) bond motifs is 1. The van der Waals surface area contributed by atoms with Crippen molar-refractivity contribution in [2.24, 2.45) is 0 Å². The second kappa shape index (κ2) is 8.06. The van der Waals surface area contributed by atoms with Gasteiger partial charge in [0, 0.05) is 18.4 Å². The second-order valence-corrected chi connectivity index (χ2v) is 7.89. The molecule has 3 amide bonds. The van der Waals surface area contributed by atoms with Crippen LogP contribution in [0, 0.1) is 0 Å². The van der Waals surface area contributed by atoms with Gasteiger partial charge in [-0.15, -0.1) is 11.8 Å². The van der Waals surface area contributed by atoms with Gasteiger partial charge in [0.15, 0.2) is 0 Å². The number of para-hydroxylation sites is 2. The minimum absolute atomic E-state index is 0.0974. The smallest absolute Gasteiger partial charge is 0.247 e. The average Bonchev–Trinajstić information content (AvgIpc) is 3.00. The summed E-state index contributed by atoms with van der Waals surface area (Å²) >= 11 is 1.22. The zero-order chi connectivity index (χ0) is 19.5. The number of thioether (sulfide) groups is 1. The molecule has 28 heavy (non-hydrogen) atoms. The molecule has 0 aliphatic carbocycles. The topological polar surface area (TPSA) is 75.7 Å². The third-order valence-electron chi connectivity index (χ3n) is 4.83. The number of benzene rings is 2. The van der Waals surface area contributed by atoms with Crippen LogP contribution in [0.1, 0.15) is 24.4 Å². The van der Waals surface area contributed by atoms with Crippen LogP contribution in [0.3, 0.4) is 0 Å². The molecule has 2 aliphatic rings. The molecule has 2 aliphatic heterocycles. The maximum Gasteiger partial charge on any atom is 0.247 e. The number of carbonyl (C=O) groups excluding carboxylic acids is 3. The van der Waals surface area contributed by atoms with Crippen LogP contribution >= 0.6 is 11.8 Å². The predicted molar refractivity (Wildman–Crippen MR) is 107 cm³/mol. The molecule has 1 fully saturated rings. The van der Waals surface area contributed by atoms with E-state index in [2.05, 4.69) is 5.32 Å². The van der Waals surface area contributed by atoms with Crippen molar-refractivity contribution in [1.29, 1.82) is 0 Å². The Bertz CT molecular complexity index is 902. The molecular formula is C21H20N2O4S. The van der Waals surface area contributed by atoms with E-state index in [0.29, 0.717) is 18.7 Å². The van der Waals surface area contributed by atoms with Crippen molar-refractivity contribution in [3.8, 4) is 5.75 Å². The third-order valence-corrected chi connectivity index (χ3v) is 6.03. The molecule has 4 rings (SSSR count). The van der Waals surface area contributed by atoms with Crippen molar-refractivity contribution in [2.45, 2.75) is 24.1 Å². The molecule has 2 heterocycles. The number of nitrogens with one attached hydrogen (secondary N) is 1. The fraction of sp³-hybridized carbons (Fsp3) is 0.286. The highest BCUT2D eigenvalue weighted by Gasteiger charge is 2.40. The van der Waals surface area contributed by atoms with E-state index in [-0.39, 0.29) is 35.9 Å². The van der Waals surface area contributed by atoms with Gasteiger partial charge >= 0.3 is 0 Å². The second-order valence-electron chi connectivity index (χ2n) is 6.70. The zero-order valence-electron chi connectivity index (χ0n) is 15.2. The third kappa shape index (κ3) is 3.75. The monoisotopic (exact) mass is 396 g/mol. The molecule has 1 N–H and O–H groups in total. The summed E-state index contributed by atoms with van der Waals surface area (Å²) < 4.78 is 5.61. The normalized spacial score (nSPS) is 21.2. The summed E-state index contributed by atoms with van der Waals surface area (Å²) in [5.41, 5.74) is 1.54. The molecule has 2 atom stereocenters. The van der Waals surface area contributed by atoms with Gasteiger partial charge in [0.05, 0.1) is 29.3 Å². The van der Waals surface area contributed by atoms with E-state index in [0.717, 1.165) is 11.3 Å². The van der Waals surface area contributed by atoms with Crippen molar-refractivity contribution in [3.63, 3.8) is 0 Å². The van der Waals surface area contributed by atoms with Crippen molar-refractivity contribution in [1.82, 2.24) is 5.32 Å².